The van der Waals surface area contributed by atoms with E-state index in [1.165, 1.54) is 6.92 Å². The fourth-order valence-corrected chi connectivity index (χ4v) is 2.69. The van der Waals surface area contributed by atoms with E-state index in [0.29, 0.717) is 0 Å². The second kappa shape index (κ2) is 3.84. The summed E-state index contributed by atoms with van der Waals surface area (Å²) in [5, 5.41) is 8.84. The first kappa shape index (κ1) is 11.4. The van der Waals surface area contributed by atoms with E-state index in [0.717, 1.165) is 0 Å². The standard InChI is InChI=1S/C8H16O3Si/c1-6(9)5-7(8(10)11)12(2,3)4/h7H,5H2,1-4H3,(H,10,11). The van der Waals surface area contributed by atoms with Gasteiger partial charge in [0.2, 0.25) is 0 Å². The molecule has 0 amide bonds. The van der Waals surface area contributed by atoms with Gasteiger partial charge >= 0.3 is 5.97 Å². The molecule has 0 fully saturated rings. The van der Waals surface area contributed by atoms with Crippen molar-refractivity contribution in [1.29, 1.82) is 0 Å². The average molecular weight is 188 g/mol. The van der Waals surface area contributed by atoms with Gasteiger partial charge in [-0.1, -0.05) is 19.6 Å². The molecule has 0 aliphatic rings. The summed E-state index contributed by atoms with van der Waals surface area (Å²) in [5.41, 5.74) is -0.435. The molecule has 0 bridgehead atoms. The molecule has 1 unspecified atom stereocenters. The van der Waals surface area contributed by atoms with Crippen molar-refractivity contribution in [3.63, 3.8) is 0 Å². The number of carbonyl (C=O) groups excluding carboxylic acids is 1. The van der Waals surface area contributed by atoms with Crippen LogP contribution < -0.4 is 0 Å². The van der Waals surface area contributed by atoms with E-state index in [-0.39, 0.29) is 12.2 Å². The van der Waals surface area contributed by atoms with E-state index in [1.54, 1.807) is 0 Å². The van der Waals surface area contributed by atoms with Crippen LogP contribution in [0.2, 0.25) is 25.2 Å². The Morgan fingerprint density at radius 2 is 1.75 bits per heavy atom. The summed E-state index contributed by atoms with van der Waals surface area (Å²) in [6.45, 7) is 7.34. The third-order valence-electron chi connectivity index (χ3n) is 1.84. The Morgan fingerprint density at radius 3 is 1.83 bits per heavy atom. The van der Waals surface area contributed by atoms with Gasteiger partial charge in [-0.3, -0.25) is 4.79 Å². The molecule has 0 heterocycles. The summed E-state index contributed by atoms with van der Waals surface area (Å²) < 4.78 is 0. The summed E-state index contributed by atoms with van der Waals surface area (Å²) in [7, 11) is -1.73. The van der Waals surface area contributed by atoms with Gasteiger partial charge in [0.1, 0.15) is 5.78 Å². The summed E-state index contributed by atoms with van der Waals surface area (Å²) in [6, 6.07) is 0. The molecule has 0 aliphatic heterocycles. The molecule has 0 saturated carbocycles. The number of rotatable bonds is 4. The molecule has 1 N–H and O–H groups in total. The molecule has 0 aromatic carbocycles. The highest BCUT2D eigenvalue weighted by Crippen LogP contribution is 2.25. The molecular weight excluding hydrogens is 172 g/mol. The van der Waals surface area contributed by atoms with E-state index in [4.69, 9.17) is 5.11 Å². The Balaban J connectivity index is 4.46. The number of carboxylic acids is 1. The fraction of sp³-hybridized carbons (Fsp3) is 0.750. The van der Waals surface area contributed by atoms with Gasteiger partial charge in [0, 0.05) is 6.42 Å². The van der Waals surface area contributed by atoms with Crippen molar-refractivity contribution >= 4 is 19.8 Å². The number of aliphatic carboxylic acids is 1. The second-order valence-corrected chi connectivity index (χ2v) is 9.59. The SMILES string of the molecule is CC(=O)CC(C(=O)O)[Si](C)(C)C. The van der Waals surface area contributed by atoms with E-state index < -0.39 is 19.6 Å². The average Bonchev–Trinajstić information content (AvgIpc) is 1.79. The van der Waals surface area contributed by atoms with Crippen molar-refractivity contribution < 1.29 is 14.7 Å². The largest absolute Gasteiger partial charge is 0.481 e. The van der Waals surface area contributed by atoms with Crippen LogP contribution in [0.15, 0.2) is 0 Å². The van der Waals surface area contributed by atoms with Gasteiger partial charge in [-0.25, -0.2) is 0 Å². The molecule has 0 spiro atoms. The Kier molecular flexibility index (Phi) is 3.64. The molecule has 1 atom stereocenters. The molecule has 0 saturated heterocycles. The number of carboxylic acid groups (broad SMARTS) is 1. The van der Waals surface area contributed by atoms with Crippen molar-refractivity contribution in [2.45, 2.75) is 38.5 Å². The van der Waals surface area contributed by atoms with Gasteiger partial charge in [0.05, 0.1) is 13.6 Å². The maximum Gasteiger partial charge on any atom is 0.304 e. The molecule has 3 nitrogen and oxygen atoms in total. The van der Waals surface area contributed by atoms with Crippen molar-refractivity contribution in [1.82, 2.24) is 0 Å². The van der Waals surface area contributed by atoms with Gasteiger partial charge in [0.15, 0.2) is 0 Å². The maximum atomic E-state index is 10.8. The normalized spacial score (nSPS) is 14.0. The van der Waals surface area contributed by atoms with Gasteiger partial charge in [0.25, 0.3) is 0 Å². The molecule has 4 heteroatoms. The van der Waals surface area contributed by atoms with Gasteiger partial charge in [-0.15, -0.1) is 0 Å². The lowest BCUT2D eigenvalue weighted by Gasteiger charge is -2.23. The molecule has 0 aliphatic carbocycles. The first-order valence-corrected chi connectivity index (χ1v) is 7.55. The highest BCUT2D eigenvalue weighted by atomic mass is 28.3. The van der Waals surface area contributed by atoms with Crippen molar-refractivity contribution in [2.75, 3.05) is 0 Å². The fourth-order valence-electron chi connectivity index (χ4n) is 1.05. The second-order valence-electron chi connectivity index (χ2n) is 4.16. The van der Waals surface area contributed by atoms with E-state index in [9.17, 15) is 9.59 Å². The quantitative estimate of drug-likeness (QED) is 0.684. The van der Waals surface area contributed by atoms with Crippen molar-refractivity contribution in [2.24, 2.45) is 0 Å². The number of ketones is 1. The Bertz CT molecular complexity index is 193. The molecule has 0 aromatic rings. The summed E-state index contributed by atoms with van der Waals surface area (Å²) in [4.78, 5) is 21.5. The first-order chi connectivity index (χ1) is 5.25. The zero-order valence-electron chi connectivity index (χ0n) is 8.05. The predicted octanol–water partition coefficient (Wildman–Crippen LogP) is 1.76. The molecule has 0 rings (SSSR count). The molecule has 0 aromatic heterocycles. The van der Waals surface area contributed by atoms with Gasteiger partial charge in [-0.05, 0) is 6.92 Å². The van der Waals surface area contributed by atoms with Crippen LogP contribution in [0.4, 0.5) is 0 Å². The predicted molar refractivity (Wildman–Crippen MR) is 50.0 cm³/mol. The minimum atomic E-state index is -1.73. The summed E-state index contributed by atoms with van der Waals surface area (Å²) in [5.74, 6) is -0.866. The Labute approximate surface area is 73.8 Å². The summed E-state index contributed by atoms with van der Waals surface area (Å²) >= 11 is 0. The minimum absolute atomic E-state index is 0.0372. The maximum absolute atomic E-state index is 10.8. The van der Waals surface area contributed by atoms with Gasteiger partial charge in [-0.2, -0.15) is 0 Å². The van der Waals surface area contributed by atoms with Crippen LogP contribution in [0.5, 0.6) is 0 Å². The van der Waals surface area contributed by atoms with E-state index in [1.807, 2.05) is 19.6 Å². The van der Waals surface area contributed by atoms with E-state index >= 15 is 0 Å². The monoisotopic (exact) mass is 188 g/mol. The van der Waals surface area contributed by atoms with Crippen LogP contribution in [-0.2, 0) is 9.59 Å². The van der Waals surface area contributed by atoms with Crippen molar-refractivity contribution in [3.8, 4) is 0 Å². The van der Waals surface area contributed by atoms with E-state index in [2.05, 4.69) is 0 Å². The third-order valence-corrected chi connectivity index (χ3v) is 4.38. The number of carbonyl (C=O) groups is 2. The van der Waals surface area contributed by atoms with Crippen LogP contribution in [0, 0.1) is 0 Å². The van der Waals surface area contributed by atoms with Crippen LogP contribution in [0.1, 0.15) is 13.3 Å². The minimum Gasteiger partial charge on any atom is -0.481 e. The Morgan fingerprint density at radius 1 is 1.33 bits per heavy atom. The van der Waals surface area contributed by atoms with Crippen molar-refractivity contribution in [3.05, 3.63) is 0 Å². The highest BCUT2D eigenvalue weighted by Gasteiger charge is 2.33. The van der Waals surface area contributed by atoms with Crippen LogP contribution in [-0.4, -0.2) is 24.9 Å². The number of hydrogen-bond acceptors (Lipinski definition) is 2. The lowest BCUT2D eigenvalue weighted by atomic mass is 10.2. The lowest BCUT2D eigenvalue weighted by molar-refractivity contribution is -0.138. The first-order valence-electron chi connectivity index (χ1n) is 3.97. The number of hydrogen-bond donors (Lipinski definition) is 1. The highest BCUT2D eigenvalue weighted by molar-refractivity contribution is 6.80. The summed E-state index contributed by atoms with van der Waals surface area (Å²) in [6.07, 6.45) is 0.186. The lowest BCUT2D eigenvalue weighted by Crippen LogP contribution is -2.34. The zero-order valence-corrected chi connectivity index (χ0v) is 9.05. The smallest absolute Gasteiger partial charge is 0.304 e. The number of Topliss-reactive ketones (excluding diaryl/α,β-unsaturated/α-hetero) is 1. The molecular formula is C8H16O3Si. The van der Waals surface area contributed by atoms with Crippen LogP contribution >= 0.6 is 0 Å². The third kappa shape index (κ3) is 3.66. The molecule has 12 heavy (non-hydrogen) atoms. The molecule has 0 radical (unpaired) electrons. The Hall–Kier alpha value is -0.643. The van der Waals surface area contributed by atoms with Crippen LogP contribution in [0.3, 0.4) is 0 Å². The van der Waals surface area contributed by atoms with Gasteiger partial charge < -0.3 is 9.90 Å². The topological polar surface area (TPSA) is 54.4 Å². The zero-order chi connectivity index (χ0) is 9.94. The molecule has 70 valence electrons. The van der Waals surface area contributed by atoms with Crippen LogP contribution in [0.25, 0.3) is 0 Å².